The average molecular weight is 341 g/mol. The number of ether oxygens (including phenoxy) is 2. The van der Waals surface area contributed by atoms with Crippen LogP contribution in [0.2, 0.25) is 0 Å². The first-order chi connectivity index (χ1) is 12.2. The van der Waals surface area contributed by atoms with Crippen molar-refractivity contribution in [2.45, 2.75) is 39.5 Å². The molecule has 1 amide bonds. The standard InChI is InChI=1S/C21H27NO3/c1-3-5-14-24-18-11-9-10-17(16-18)21(23)22-19-12-7-8-13-20(19)25-15-6-4-2/h7-13,16H,3-6,14-15H2,1-2H3,(H,22,23). The number of para-hydroxylation sites is 2. The molecule has 0 fully saturated rings. The van der Waals surface area contributed by atoms with Gasteiger partial charge in [-0.1, -0.05) is 44.9 Å². The third-order valence-corrected chi connectivity index (χ3v) is 3.75. The first-order valence-electron chi connectivity index (χ1n) is 9.00. The van der Waals surface area contributed by atoms with Crippen molar-refractivity contribution in [1.82, 2.24) is 0 Å². The van der Waals surface area contributed by atoms with Gasteiger partial charge in [0.15, 0.2) is 0 Å². The summed E-state index contributed by atoms with van der Waals surface area (Å²) in [6, 6.07) is 14.8. The summed E-state index contributed by atoms with van der Waals surface area (Å²) in [5, 5.41) is 2.93. The summed E-state index contributed by atoms with van der Waals surface area (Å²) < 4.78 is 11.4. The molecule has 0 unspecified atom stereocenters. The molecule has 0 radical (unpaired) electrons. The van der Waals surface area contributed by atoms with Crippen molar-refractivity contribution in [3.8, 4) is 11.5 Å². The van der Waals surface area contributed by atoms with E-state index in [1.165, 1.54) is 0 Å². The number of hydrogen-bond acceptors (Lipinski definition) is 3. The second kappa shape index (κ2) is 10.4. The molecule has 0 atom stereocenters. The van der Waals surface area contributed by atoms with Crippen molar-refractivity contribution in [2.75, 3.05) is 18.5 Å². The number of carbonyl (C=O) groups is 1. The summed E-state index contributed by atoms with van der Waals surface area (Å²) in [5.41, 5.74) is 1.25. The van der Waals surface area contributed by atoms with Crippen molar-refractivity contribution in [3.05, 3.63) is 54.1 Å². The Bertz CT molecular complexity index is 670. The molecule has 0 saturated carbocycles. The number of nitrogens with one attached hydrogen (secondary N) is 1. The molecule has 0 spiro atoms. The van der Waals surface area contributed by atoms with Crippen LogP contribution in [0.1, 0.15) is 49.9 Å². The lowest BCUT2D eigenvalue weighted by Crippen LogP contribution is -2.13. The fourth-order valence-electron chi connectivity index (χ4n) is 2.28. The van der Waals surface area contributed by atoms with Crippen LogP contribution in [0, 0.1) is 0 Å². The van der Waals surface area contributed by atoms with Gasteiger partial charge in [-0.05, 0) is 43.2 Å². The van der Waals surface area contributed by atoms with Crippen molar-refractivity contribution in [1.29, 1.82) is 0 Å². The first kappa shape index (κ1) is 18.8. The highest BCUT2D eigenvalue weighted by Gasteiger charge is 2.10. The van der Waals surface area contributed by atoms with Crippen molar-refractivity contribution < 1.29 is 14.3 Å². The number of unbranched alkanes of at least 4 members (excludes halogenated alkanes) is 2. The normalized spacial score (nSPS) is 10.3. The predicted molar refractivity (Wildman–Crippen MR) is 102 cm³/mol. The van der Waals surface area contributed by atoms with Crippen LogP contribution < -0.4 is 14.8 Å². The van der Waals surface area contributed by atoms with E-state index < -0.39 is 0 Å². The maximum absolute atomic E-state index is 12.6. The minimum Gasteiger partial charge on any atom is -0.494 e. The van der Waals surface area contributed by atoms with E-state index in [1.807, 2.05) is 36.4 Å². The molecule has 0 aliphatic rings. The van der Waals surface area contributed by atoms with Crippen LogP contribution in [0.4, 0.5) is 5.69 Å². The maximum atomic E-state index is 12.6. The van der Waals surface area contributed by atoms with Crippen LogP contribution in [-0.4, -0.2) is 19.1 Å². The summed E-state index contributed by atoms with van der Waals surface area (Å²) in [5.74, 6) is 1.24. The van der Waals surface area contributed by atoms with E-state index >= 15 is 0 Å². The van der Waals surface area contributed by atoms with Crippen LogP contribution in [0.5, 0.6) is 11.5 Å². The van der Waals surface area contributed by atoms with Gasteiger partial charge in [-0.25, -0.2) is 0 Å². The molecule has 134 valence electrons. The van der Waals surface area contributed by atoms with E-state index in [0.717, 1.165) is 25.7 Å². The molecule has 0 aliphatic heterocycles. The lowest BCUT2D eigenvalue weighted by Gasteiger charge is -2.13. The Hall–Kier alpha value is -2.49. The largest absolute Gasteiger partial charge is 0.494 e. The van der Waals surface area contributed by atoms with Gasteiger partial charge >= 0.3 is 0 Å². The molecule has 4 nitrogen and oxygen atoms in total. The fraction of sp³-hybridized carbons (Fsp3) is 0.381. The van der Waals surface area contributed by atoms with Crippen molar-refractivity contribution >= 4 is 11.6 Å². The van der Waals surface area contributed by atoms with Gasteiger partial charge < -0.3 is 14.8 Å². The molecular formula is C21H27NO3. The third kappa shape index (κ3) is 6.14. The number of rotatable bonds is 10. The zero-order valence-corrected chi connectivity index (χ0v) is 15.1. The molecular weight excluding hydrogens is 314 g/mol. The smallest absolute Gasteiger partial charge is 0.255 e. The van der Waals surface area contributed by atoms with Crippen LogP contribution in [0.25, 0.3) is 0 Å². The molecule has 2 aromatic carbocycles. The summed E-state index contributed by atoms with van der Waals surface area (Å²) in [6.07, 6.45) is 4.13. The molecule has 0 aliphatic carbocycles. The second-order valence-corrected chi connectivity index (χ2v) is 5.88. The number of amides is 1. The summed E-state index contributed by atoms with van der Waals surface area (Å²) in [6.45, 7) is 5.54. The minimum atomic E-state index is -0.174. The molecule has 0 bridgehead atoms. The van der Waals surface area contributed by atoms with Gasteiger partial charge in [-0.3, -0.25) is 4.79 Å². The van der Waals surface area contributed by atoms with Gasteiger partial charge in [-0.15, -0.1) is 0 Å². The zero-order valence-electron chi connectivity index (χ0n) is 15.1. The van der Waals surface area contributed by atoms with Gasteiger partial charge in [-0.2, -0.15) is 0 Å². The van der Waals surface area contributed by atoms with E-state index in [-0.39, 0.29) is 5.91 Å². The Labute approximate surface area is 150 Å². The van der Waals surface area contributed by atoms with Crippen LogP contribution in [-0.2, 0) is 0 Å². The Balaban J connectivity index is 2.03. The summed E-state index contributed by atoms with van der Waals surface area (Å²) in [4.78, 5) is 12.6. The quantitative estimate of drug-likeness (QED) is 0.597. The van der Waals surface area contributed by atoms with E-state index in [4.69, 9.17) is 9.47 Å². The first-order valence-corrected chi connectivity index (χ1v) is 9.00. The maximum Gasteiger partial charge on any atom is 0.255 e. The third-order valence-electron chi connectivity index (χ3n) is 3.75. The monoisotopic (exact) mass is 341 g/mol. The summed E-state index contributed by atoms with van der Waals surface area (Å²) >= 11 is 0. The number of anilines is 1. The van der Waals surface area contributed by atoms with Crippen molar-refractivity contribution in [3.63, 3.8) is 0 Å². The predicted octanol–water partition coefficient (Wildman–Crippen LogP) is 5.30. The number of carbonyl (C=O) groups excluding carboxylic acids is 1. The SMILES string of the molecule is CCCCOc1cccc(C(=O)Nc2ccccc2OCCCC)c1. The van der Waals surface area contributed by atoms with E-state index in [0.29, 0.717) is 36.0 Å². The summed E-state index contributed by atoms with van der Waals surface area (Å²) in [7, 11) is 0. The highest BCUT2D eigenvalue weighted by molar-refractivity contribution is 6.05. The lowest BCUT2D eigenvalue weighted by atomic mass is 10.2. The Morgan fingerprint density at radius 3 is 2.40 bits per heavy atom. The Morgan fingerprint density at radius 1 is 0.920 bits per heavy atom. The fourth-order valence-corrected chi connectivity index (χ4v) is 2.28. The lowest BCUT2D eigenvalue weighted by molar-refractivity contribution is 0.102. The van der Waals surface area contributed by atoms with Crippen LogP contribution >= 0.6 is 0 Å². The Morgan fingerprint density at radius 2 is 1.64 bits per heavy atom. The molecule has 0 saturated heterocycles. The topological polar surface area (TPSA) is 47.6 Å². The van der Waals surface area contributed by atoms with Crippen molar-refractivity contribution in [2.24, 2.45) is 0 Å². The molecule has 0 aromatic heterocycles. The van der Waals surface area contributed by atoms with Gasteiger partial charge in [0.05, 0.1) is 18.9 Å². The second-order valence-electron chi connectivity index (χ2n) is 5.88. The highest BCUT2D eigenvalue weighted by atomic mass is 16.5. The van der Waals surface area contributed by atoms with Crippen LogP contribution in [0.15, 0.2) is 48.5 Å². The molecule has 2 aromatic rings. The average Bonchev–Trinajstić information content (AvgIpc) is 2.64. The molecule has 4 heteroatoms. The van der Waals surface area contributed by atoms with E-state index in [2.05, 4.69) is 19.2 Å². The number of hydrogen-bond donors (Lipinski definition) is 1. The molecule has 2 rings (SSSR count). The Kier molecular flexibility index (Phi) is 7.83. The molecule has 1 N–H and O–H groups in total. The zero-order chi connectivity index (χ0) is 17.9. The minimum absolute atomic E-state index is 0.174. The number of benzene rings is 2. The van der Waals surface area contributed by atoms with E-state index in [1.54, 1.807) is 12.1 Å². The van der Waals surface area contributed by atoms with Gasteiger partial charge in [0.2, 0.25) is 0 Å². The van der Waals surface area contributed by atoms with E-state index in [9.17, 15) is 4.79 Å². The molecule has 0 heterocycles. The highest BCUT2D eigenvalue weighted by Crippen LogP contribution is 2.25. The van der Waals surface area contributed by atoms with Gasteiger partial charge in [0.1, 0.15) is 11.5 Å². The van der Waals surface area contributed by atoms with Crippen LogP contribution in [0.3, 0.4) is 0 Å². The van der Waals surface area contributed by atoms with Gasteiger partial charge in [0, 0.05) is 5.56 Å². The van der Waals surface area contributed by atoms with Gasteiger partial charge in [0.25, 0.3) is 5.91 Å². The molecule has 25 heavy (non-hydrogen) atoms.